The molecule has 1 aliphatic rings. The summed E-state index contributed by atoms with van der Waals surface area (Å²) >= 11 is 0. The van der Waals surface area contributed by atoms with Crippen LogP contribution in [-0.2, 0) is 23.7 Å². The Labute approximate surface area is 108 Å². The minimum Gasteiger partial charge on any atom is -0.267 e. The molecule has 0 bridgehead atoms. The zero-order chi connectivity index (χ0) is 14.0. The summed E-state index contributed by atoms with van der Waals surface area (Å²) in [6.45, 7) is 6.90. The van der Waals surface area contributed by atoms with Crippen LogP contribution in [0.3, 0.4) is 0 Å². The fraction of sp³-hybridized carbons (Fsp3) is 0.727. The van der Waals surface area contributed by atoms with Crippen LogP contribution in [0, 0.1) is 0 Å². The van der Waals surface area contributed by atoms with Crippen molar-refractivity contribution in [1.82, 2.24) is 5.06 Å². The van der Waals surface area contributed by atoms with E-state index in [1.54, 1.807) is 20.8 Å². The molecule has 0 unspecified atom stereocenters. The van der Waals surface area contributed by atoms with Crippen molar-refractivity contribution in [2.24, 2.45) is 0 Å². The highest BCUT2D eigenvalue weighted by molar-refractivity contribution is 7.81. The summed E-state index contributed by atoms with van der Waals surface area (Å²) in [4.78, 5) is 11.5. The van der Waals surface area contributed by atoms with Crippen molar-refractivity contribution in [1.29, 1.82) is 0 Å². The first-order valence-electron chi connectivity index (χ1n) is 5.79. The van der Waals surface area contributed by atoms with Crippen LogP contribution in [0.4, 0.5) is 0 Å². The third-order valence-corrected chi connectivity index (χ3v) is 3.09. The topological polar surface area (TPSA) is 72.9 Å². The van der Waals surface area contributed by atoms with E-state index in [-0.39, 0.29) is 6.54 Å². The fourth-order valence-corrected chi connectivity index (χ4v) is 2.51. The standard InChI is InChI=1S/C11H19NO5S/c1-5-6-9-7-10(13)12(8-9)17-18(14,15)16-11(2,3)4/h7H,5-6,8H2,1-4H3. The maximum atomic E-state index is 11.6. The average molecular weight is 277 g/mol. The second-order valence-electron chi connectivity index (χ2n) is 5.11. The highest BCUT2D eigenvalue weighted by Gasteiger charge is 2.30. The molecular weight excluding hydrogens is 258 g/mol. The molecule has 1 aliphatic heterocycles. The molecule has 0 saturated heterocycles. The first kappa shape index (κ1) is 15.1. The van der Waals surface area contributed by atoms with Gasteiger partial charge in [-0.2, -0.15) is 13.5 Å². The number of nitrogens with zero attached hydrogens (tertiary/aromatic N) is 1. The molecule has 0 aliphatic carbocycles. The summed E-state index contributed by atoms with van der Waals surface area (Å²) in [6.07, 6.45) is 3.03. The van der Waals surface area contributed by atoms with Gasteiger partial charge in [0.05, 0.1) is 12.1 Å². The summed E-state index contributed by atoms with van der Waals surface area (Å²) in [5.74, 6) is -0.473. The molecular formula is C11H19NO5S. The minimum atomic E-state index is -4.22. The van der Waals surface area contributed by atoms with Crippen LogP contribution in [0.2, 0.25) is 0 Å². The minimum absolute atomic E-state index is 0.166. The van der Waals surface area contributed by atoms with Crippen LogP contribution in [0.5, 0.6) is 0 Å². The lowest BCUT2D eigenvalue weighted by Gasteiger charge is -2.21. The first-order chi connectivity index (χ1) is 8.13. The van der Waals surface area contributed by atoms with Gasteiger partial charge in [0, 0.05) is 6.08 Å². The Morgan fingerprint density at radius 3 is 2.50 bits per heavy atom. The molecule has 1 amide bonds. The average Bonchev–Trinajstić information content (AvgIpc) is 2.42. The largest absolute Gasteiger partial charge is 0.421 e. The Morgan fingerprint density at radius 2 is 2.00 bits per heavy atom. The third-order valence-electron chi connectivity index (χ3n) is 2.02. The molecule has 0 atom stereocenters. The highest BCUT2D eigenvalue weighted by atomic mass is 32.3. The van der Waals surface area contributed by atoms with E-state index in [0.29, 0.717) is 0 Å². The van der Waals surface area contributed by atoms with Gasteiger partial charge in [0.2, 0.25) is 0 Å². The van der Waals surface area contributed by atoms with Crippen LogP contribution in [0.25, 0.3) is 0 Å². The lowest BCUT2D eigenvalue weighted by atomic mass is 10.2. The lowest BCUT2D eigenvalue weighted by molar-refractivity contribution is -0.149. The van der Waals surface area contributed by atoms with Gasteiger partial charge in [-0.05, 0) is 32.8 Å². The monoisotopic (exact) mass is 277 g/mol. The van der Waals surface area contributed by atoms with E-state index in [1.807, 2.05) is 6.92 Å². The van der Waals surface area contributed by atoms with E-state index >= 15 is 0 Å². The Morgan fingerprint density at radius 1 is 1.39 bits per heavy atom. The number of hydrogen-bond donors (Lipinski definition) is 0. The van der Waals surface area contributed by atoms with E-state index in [1.165, 1.54) is 6.08 Å². The Kier molecular flexibility index (Phi) is 4.52. The normalized spacial score (nSPS) is 17.2. The molecule has 7 heteroatoms. The molecule has 0 N–H and O–H groups in total. The molecule has 1 heterocycles. The third kappa shape index (κ3) is 4.75. The van der Waals surface area contributed by atoms with Crippen molar-refractivity contribution in [3.63, 3.8) is 0 Å². The van der Waals surface area contributed by atoms with E-state index in [4.69, 9.17) is 4.18 Å². The van der Waals surface area contributed by atoms with Crippen LogP contribution in [-0.4, -0.2) is 31.5 Å². The van der Waals surface area contributed by atoms with Crippen molar-refractivity contribution >= 4 is 16.3 Å². The highest BCUT2D eigenvalue weighted by Crippen LogP contribution is 2.20. The number of carbonyl (C=O) groups is 1. The van der Waals surface area contributed by atoms with Gasteiger partial charge in [0.15, 0.2) is 0 Å². The summed E-state index contributed by atoms with van der Waals surface area (Å²) in [7, 11) is -4.22. The molecule has 18 heavy (non-hydrogen) atoms. The van der Waals surface area contributed by atoms with Gasteiger partial charge in [-0.15, -0.1) is 4.28 Å². The van der Waals surface area contributed by atoms with Gasteiger partial charge in [0.1, 0.15) is 0 Å². The number of rotatable bonds is 5. The molecule has 0 aromatic carbocycles. The molecule has 0 fully saturated rings. The van der Waals surface area contributed by atoms with Crippen molar-refractivity contribution in [2.45, 2.75) is 46.1 Å². The maximum absolute atomic E-state index is 11.6. The SMILES string of the molecule is CCCC1=CC(=O)N(OS(=O)(=O)OC(C)(C)C)C1. The number of carbonyl (C=O) groups excluding carboxylic acids is 1. The van der Waals surface area contributed by atoms with Crippen molar-refractivity contribution < 1.29 is 21.7 Å². The molecule has 6 nitrogen and oxygen atoms in total. The van der Waals surface area contributed by atoms with E-state index < -0.39 is 21.9 Å². The van der Waals surface area contributed by atoms with E-state index in [9.17, 15) is 13.2 Å². The van der Waals surface area contributed by atoms with Crippen molar-refractivity contribution in [2.75, 3.05) is 6.54 Å². The fourth-order valence-electron chi connectivity index (χ4n) is 1.52. The number of hydrogen-bond acceptors (Lipinski definition) is 5. The quantitative estimate of drug-likeness (QED) is 0.762. The predicted molar refractivity (Wildman–Crippen MR) is 65.5 cm³/mol. The van der Waals surface area contributed by atoms with Crippen LogP contribution in [0.1, 0.15) is 40.5 Å². The molecule has 104 valence electrons. The van der Waals surface area contributed by atoms with Gasteiger partial charge in [-0.1, -0.05) is 13.3 Å². The zero-order valence-electron chi connectivity index (χ0n) is 11.1. The first-order valence-corrected chi connectivity index (χ1v) is 7.12. The van der Waals surface area contributed by atoms with Gasteiger partial charge >= 0.3 is 10.4 Å². The number of amides is 1. The van der Waals surface area contributed by atoms with Gasteiger partial charge in [-0.25, -0.2) is 4.18 Å². The Hall–Kier alpha value is -0.920. The van der Waals surface area contributed by atoms with Gasteiger partial charge < -0.3 is 0 Å². The van der Waals surface area contributed by atoms with Crippen LogP contribution in [0.15, 0.2) is 11.6 Å². The summed E-state index contributed by atoms with van der Waals surface area (Å²) < 4.78 is 32.5. The smallest absolute Gasteiger partial charge is 0.267 e. The molecule has 0 radical (unpaired) electrons. The predicted octanol–water partition coefficient (Wildman–Crippen LogP) is 1.55. The van der Waals surface area contributed by atoms with Crippen LogP contribution < -0.4 is 0 Å². The van der Waals surface area contributed by atoms with Gasteiger partial charge in [-0.3, -0.25) is 4.79 Å². The molecule has 1 rings (SSSR count). The molecule has 0 aromatic rings. The van der Waals surface area contributed by atoms with Crippen molar-refractivity contribution in [3.05, 3.63) is 11.6 Å². The lowest BCUT2D eigenvalue weighted by Crippen LogP contribution is -2.34. The Bertz CT molecular complexity index is 447. The summed E-state index contributed by atoms with van der Waals surface area (Å²) in [5.41, 5.74) is -0.0465. The maximum Gasteiger partial charge on any atom is 0.421 e. The van der Waals surface area contributed by atoms with Crippen molar-refractivity contribution in [3.8, 4) is 0 Å². The zero-order valence-corrected chi connectivity index (χ0v) is 11.9. The summed E-state index contributed by atoms with van der Waals surface area (Å²) in [5, 5.41) is 0.798. The van der Waals surface area contributed by atoms with Gasteiger partial charge in [0.25, 0.3) is 5.91 Å². The number of hydroxylamine groups is 2. The second kappa shape index (κ2) is 5.38. The van der Waals surface area contributed by atoms with Crippen LogP contribution >= 0.6 is 0 Å². The molecule has 0 spiro atoms. The van der Waals surface area contributed by atoms with E-state index in [0.717, 1.165) is 23.5 Å². The Balaban J connectivity index is 2.63. The van der Waals surface area contributed by atoms with E-state index in [2.05, 4.69) is 4.28 Å². The molecule has 0 aromatic heterocycles. The summed E-state index contributed by atoms with van der Waals surface area (Å²) in [6, 6.07) is 0. The second-order valence-corrected chi connectivity index (χ2v) is 6.24. The molecule has 0 saturated carbocycles.